The van der Waals surface area contributed by atoms with Gasteiger partial charge in [-0.05, 0) is 0 Å². The van der Waals surface area contributed by atoms with E-state index in [4.69, 9.17) is 15.7 Å². The quantitative estimate of drug-likeness (QED) is 0.234. The zero-order valence-corrected chi connectivity index (χ0v) is 20.3. The van der Waals surface area contributed by atoms with Crippen LogP contribution in [0.5, 0.6) is 0 Å². The summed E-state index contributed by atoms with van der Waals surface area (Å²) in [5.74, 6) is -2.28. The van der Waals surface area contributed by atoms with Gasteiger partial charge in [-0.25, -0.2) is 0 Å². The first-order valence-electron chi connectivity index (χ1n) is 9.99. The van der Waals surface area contributed by atoms with Gasteiger partial charge >= 0.3 is 181 Å². The molecule has 3 rings (SSSR count). The van der Waals surface area contributed by atoms with Crippen molar-refractivity contribution in [3.05, 3.63) is 103 Å². The molecule has 0 aliphatic rings. The van der Waals surface area contributed by atoms with Gasteiger partial charge in [-0.15, -0.1) is 0 Å². The van der Waals surface area contributed by atoms with Gasteiger partial charge in [0, 0.05) is 0 Å². The van der Waals surface area contributed by atoms with E-state index in [1.807, 2.05) is 18.2 Å². The van der Waals surface area contributed by atoms with E-state index in [9.17, 15) is 0 Å². The first-order chi connectivity index (χ1) is 13.7. The Balaban J connectivity index is 2.29. The summed E-state index contributed by atoms with van der Waals surface area (Å²) in [5, 5.41) is 3.53. The second-order valence-corrected chi connectivity index (χ2v) is 19.3. The molecule has 0 spiro atoms. The van der Waals surface area contributed by atoms with Crippen molar-refractivity contribution in [3.63, 3.8) is 0 Å². The first-order valence-corrected chi connectivity index (χ1v) is 16.7. The summed E-state index contributed by atoms with van der Waals surface area (Å²) in [6, 6.07) is 31.7. The normalized spacial score (nSPS) is 14.1. The van der Waals surface area contributed by atoms with Gasteiger partial charge in [0.1, 0.15) is 0 Å². The fraction of sp³-hybridized carbons (Fsp3) is 0.200. The summed E-state index contributed by atoms with van der Waals surface area (Å²) < 4.78 is 6.25. The Morgan fingerprint density at radius 3 is 1.41 bits per heavy atom. The van der Waals surface area contributed by atoms with Crippen LogP contribution in [0, 0.1) is 0 Å². The zero-order chi connectivity index (χ0) is 21.0. The average molecular weight is 441 g/mol. The number of rotatable bonds is 7. The standard InChI is InChI=1S/C25H30ClOPSi/c1-22(27-29(2,3)4)20-21-28(26,23-14-8-5-9-15-23,24-16-10-6-11-17-24)25-18-12-7-13-19-25/h5-20H,21H2,1-4H3/b22-20-. The molecule has 3 aromatic rings. The minimum atomic E-state index is -3.24. The molecule has 29 heavy (non-hydrogen) atoms. The van der Waals surface area contributed by atoms with Gasteiger partial charge in [-0.1, -0.05) is 0 Å². The molecule has 0 saturated carbocycles. The second kappa shape index (κ2) is 8.48. The van der Waals surface area contributed by atoms with Gasteiger partial charge in [-0.3, -0.25) is 0 Å². The van der Waals surface area contributed by atoms with E-state index in [0.717, 1.165) is 5.76 Å². The molecule has 0 N–H and O–H groups in total. The molecule has 0 unspecified atom stereocenters. The molecule has 0 heterocycles. The Kier molecular flexibility index (Phi) is 6.38. The van der Waals surface area contributed by atoms with Crippen molar-refractivity contribution in [2.75, 3.05) is 6.16 Å². The summed E-state index contributed by atoms with van der Waals surface area (Å²) in [6.45, 7) is 8.67. The molecule has 0 aromatic heterocycles. The molecular weight excluding hydrogens is 411 g/mol. The number of allylic oxidation sites excluding steroid dienone is 2. The molecule has 3 aromatic carbocycles. The SMILES string of the molecule is C/C(=C/CP(Cl)(c1ccccc1)(c1ccccc1)c1ccccc1)O[Si](C)(C)C. The van der Waals surface area contributed by atoms with Crippen LogP contribution < -0.4 is 15.9 Å². The van der Waals surface area contributed by atoms with Gasteiger partial charge in [0.25, 0.3) is 0 Å². The van der Waals surface area contributed by atoms with Gasteiger partial charge in [0.05, 0.1) is 0 Å². The molecule has 1 nitrogen and oxygen atoms in total. The summed E-state index contributed by atoms with van der Waals surface area (Å²) in [5.41, 5.74) is 0. The second-order valence-electron chi connectivity index (χ2n) is 8.40. The van der Waals surface area contributed by atoms with E-state index >= 15 is 0 Å². The van der Waals surface area contributed by atoms with Crippen LogP contribution in [0.15, 0.2) is 103 Å². The van der Waals surface area contributed by atoms with Crippen molar-refractivity contribution in [3.8, 4) is 0 Å². The van der Waals surface area contributed by atoms with Gasteiger partial charge in [0.2, 0.25) is 0 Å². The van der Waals surface area contributed by atoms with Crippen molar-refractivity contribution in [2.24, 2.45) is 0 Å². The molecule has 0 fully saturated rings. The first kappa shape index (κ1) is 21.8. The van der Waals surface area contributed by atoms with E-state index in [1.54, 1.807) is 0 Å². The Morgan fingerprint density at radius 1 is 0.759 bits per heavy atom. The number of hydrogen-bond acceptors (Lipinski definition) is 1. The van der Waals surface area contributed by atoms with Crippen LogP contribution in [0.2, 0.25) is 19.6 Å². The molecule has 0 aliphatic heterocycles. The van der Waals surface area contributed by atoms with Crippen LogP contribution in [-0.2, 0) is 4.43 Å². The van der Waals surface area contributed by atoms with Crippen molar-refractivity contribution < 1.29 is 4.43 Å². The van der Waals surface area contributed by atoms with E-state index in [0.29, 0.717) is 6.16 Å². The van der Waals surface area contributed by atoms with Crippen molar-refractivity contribution in [1.82, 2.24) is 0 Å². The monoisotopic (exact) mass is 440 g/mol. The summed E-state index contributed by atoms with van der Waals surface area (Å²) in [6.07, 6.45) is 2.91. The zero-order valence-electron chi connectivity index (χ0n) is 17.7. The van der Waals surface area contributed by atoms with E-state index < -0.39 is 14.3 Å². The fourth-order valence-electron chi connectivity index (χ4n) is 3.80. The Bertz CT molecular complexity index is 867. The van der Waals surface area contributed by atoms with Crippen LogP contribution in [0.25, 0.3) is 0 Å². The van der Waals surface area contributed by atoms with Crippen molar-refractivity contribution in [1.29, 1.82) is 0 Å². The third-order valence-corrected chi connectivity index (χ3v) is 13.2. The molecule has 0 radical (unpaired) electrons. The third kappa shape index (κ3) is 4.51. The van der Waals surface area contributed by atoms with Crippen LogP contribution in [0.1, 0.15) is 6.92 Å². The molecule has 0 atom stereocenters. The molecule has 0 saturated heterocycles. The summed E-state index contributed by atoms with van der Waals surface area (Å²) in [7, 11) is -1.68. The van der Waals surface area contributed by atoms with Crippen LogP contribution in [-0.4, -0.2) is 14.5 Å². The summed E-state index contributed by atoms with van der Waals surface area (Å²) >= 11 is 8.03. The minimum absolute atomic E-state index is 0.710. The Hall–Kier alpha value is -1.86. The van der Waals surface area contributed by atoms with Crippen LogP contribution in [0.3, 0.4) is 0 Å². The third-order valence-electron chi connectivity index (χ3n) is 5.07. The molecule has 152 valence electrons. The number of hydrogen-bond donors (Lipinski definition) is 0. The molecule has 0 aliphatic carbocycles. The predicted octanol–water partition coefficient (Wildman–Crippen LogP) is 6.43. The molecular formula is C25H30ClOPSi. The molecule has 0 amide bonds. The van der Waals surface area contributed by atoms with Gasteiger partial charge in [0.15, 0.2) is 0 Å². The fourth-order valence-corrected chi connectivity index (χ4v) is 10.6. The van der Waals surface area contributed by atoms with Crippen LogP contribution >= 0.6 is 17.2 Å². The van der Waals surface area contributed by atoms with Crippen LogP contribution in [0.4, 0.5) is 0 Å². The maximum atomic E-state index is 8.03. The maximum absolute atomic E-state index is 8.03. The number of benzene rings is 3. The van der Waals surface area contributed by atoms with E-state index in [2.05, 4.69) is 105 Å². The summed E-state index contributed by atoms with van der Waals surface area (Å²) in [4.78, 5) is 0. The molecule has 0 bridgehead atoms. The van der Waals surface area contributed by atoms with Gasteiger partial charge in [-0.2, -0.15) is 0 Å². The van der Waals surface area contributed by atoms with Crippen molar-refractivity contribution >= 4 is 41.4 Å². The number of halogens is 1. The Labute approximate surface area is 181 Å². The molecule has 4 heteroatoms. The Morgan fingerprint density at radius 2 is 1.10 bits per heavy atom. The average Bonchev–Trinajstić information content (AvgIpc) is 2.73. The van der Waals surface area contributed by atoms with Crippen molar-refractivity contribution in [2.45, 2.75) is 26.6 Å². The topological polar surface area (TPSA) is 9.23 Å². The predicted molar refractivity (Wildman–Crippen MR) is 134 cm³/mol. The van der Waals surface area contributed by atoms with Gasteiger partial charge < -0.3 is 0 Å². The van der Waals surface area contributed by atoms with E-state index in [-0.39, 0.29) is 0 Å². The van der Waals surface area contributed by atoms with E-state index in [1.165, 1.54) is 15.9 Å².